The Labute approximate surface area is 163 Å². The molecule has 156 valence electrons. The number of carbonyl (C=O) groups excluding carboxylic acids is 2. The van der Waals surface area contributed by atoms with Crippen molar-refractivity contribution in [3.63, 3.8) is 0 Å². The molecule has 2 atom stereocenters. The smallest absolute Gasteiger partial charge is 0.267 e. The molecule has 9 nitrogen and oxygen atoms in total. The molecule has 9 heteroatoms. The third-order valence-corrected chi connectivity index (χ3v) is 6.24. The van der Waals surface area contributed by atoms with Gasteiger partial charge in [-0.25, -0.2) is 0 Å². The molecule has 0 aliphatic carbocycles. The molecule has 28 heavy (non-hydrogen) atoms. The average Bonchev–Trinajstić information content (AvgIpc) is 2.98. The minimum Gasteiger partial charge on any atom is -0.388 e. The molecule has 4 N–H and O–H groups in total. The van der Waals surface area contributed by atoms with Gasteiger partial charge in [0, 0.05) is 37.4 Å². The van der Waals surface area contributed by atoms with Gasteiger partial charge in [0.25, 0.3) is 5.56 Å². The van der Waals surface area contributed by atoms with E-state index in [1.54, 1.807) is 18.7 Å². The van der Waals surface area contributed by atoms with Crippen LogP contribution in [0.5, 0.6) is 0 Å². The summed E-state index contributed by atoms with van der Waals surface area (Å²) in [5.74, 6) is -0.214. The van der Waals surface area contributed by atoms with E-state index < -0.39 is 17.2 Å². The highest BCUT2D eigenvalue weighted by Crippen LogP contribution is 2.40. The maximum atomic E-state index is 12.6. The summed E-state index contributed by atoms with van der Waals surface area (Å²) in [5.41, 5.74) is -0.665. The van der Waals surface area contributed by atoms with Crippen molar-refractivity contribution in [2.45, 2.75) is 70.1 Å². The highest BCUT2D eigenvalue weighted by atomic mass is 16.5. The van der Waals surface area contributed by atoms with Crippen LogP contribution in [0.3, 0.4) is 0 Å². The molecule has 2 aliphatic heterocycles. The molecule has 2 amide bonds. The number of H-pyrrole nitrogens is 2. The predicted octanol–water partition coefficient (Wildman–Crippen LogP) is -0.0188. The van der Waals surface area contributed by atoms with Gasteiger partial charge < -0.3 is 25.2 Å². The first-order valence-electron chi connectivity index (χ1n) is 9.88. The fourth-order valence-corrected chi connectivity index (χ4v) is 4.30. The number of likely N-dealkylation sites (tertiary alicyclic amines) is 1. The number of aliphatic hydroxyl groups is 1. The maximum Gasteiger partial charge on any atom is 0.267 e. The molecule has 0 unspecified atom stereocenters. The standard InChI is InChI=1S/C19H30N4O5/c1-4-14(24)20-18(3)7-10-28-19(17(18)27)5-8-23(9-6-19)15(25)11-13-12(2)21-22-16(13)26/h17,27H,4-11H2,1-3H3,(H,20,24)(H2,21,22,26)/t17-,18+/m1/s1. The van der Waals surface area contributed by atoms with Gasteiger partial charge in [0.15, 0.2) is 0 Å². The molecule has 0 radical (unpaired) electrons. The molecule has 0 saturated carbocycles. The van der Waals surface area contributed by atoms with E-state index in [4.69, 9.17) is 4.74 Å². The SMILES string of the molecule is CCC(=O)N[C@@]1(C)CCOC2(CCN(C(=O)Cc3c(C)[nH][nH]c3=O)CC2)[C@@H]1O. The van der Waals surface area contributed by atoms with Crippen LogP contribution in [0.15, 0.2) is 4.79 Å². The Hall–Kier alpha value is -2.13. The van der Waals surface area contributed by atoms with Crippen LogP contribution in [-0.2, 0) is 20.7 Å². The van der Waals surface area contributed by atoms with E-state index in [1.807, 2.05) is 6.92 Å². The number of amides is 2. The van der Waals surface area contributed by atoms with E-state index in [0.29, 0.717) is 56.6 Å². The Kier molecular flexibility index (Phi) is 5.67. The highest BCUT2D eigenvalue weighted by molar-refractivity contribution is 5.79. The molecule has 2 aliphatic rings. The number of rotatable bonds is 4. The third kappa shape index (κ3) is 3.73. The summed E-state index contributed by atoms with van der Waals surface area (Å²) in [6.45, 7) is 6.71. The third-order valence-electron chi connectivity index (χ3n) is 6.24. The number of carbonyl (C=O) groups is 2. The molecule has 1 spiro atoms. The van der Waals surface area contributed by atoms with Crippen LogP contribution in [0.1, 0.15) is 50.8 Å². The minimum atomic E-state index is -0.851. The first-order chi connectivity index (χ1) is 13.2. The topological polar surface area (TPSA) is 128 Å². The van der Waals surface area contributed by atoms with Crippen molar-refractivity contribution in [3.8, 4) is 0 Å². The van der Waals surface area contributed by atoms with Crippen LogP contribution < -0.4 is 10.9 Å². The average molecular weight is 394 g/mol. The molecule has 2 saturated heterocycles. The lowest BCUT2D eigenvalue weighted by Crippen LogP contribution is -2.69. The van der Waals surface area contributed by atoms with Crippen molar-refractivity contribution in [2.24, 2.45) is 0 Å². The van der Waals surface area contributed by atoms with Gasteiger partial charge in [-0.3, -0.25) is 19.5 Å². The normalized spacial score (nSPS) is 27.0. The second kappa shape index (κ2) is 7.71. The monoisotopic (exact) mass is 394 g/mol. The van der Waals surface area contributed by atoms with Crippen LogP contribution >= 0.6 is 0 Å². The van der Waals surface area contributed by atoms with Crippen LogP contribution in [-0.4, -0.2) is 69.0 Å². The number of aryl methyl sites for hydroxylation is 1. The fourth-order valence-electron chi connectivity index (χ4n) is 4.30. The number of nitrogens with zero attached hydrogens (tertiary/aromatic N) is 1. The van der Waals surface area contributed by atoms with Crippen molar-refractivity contribution < 1.29 is 19.4 Å². The summed E-state index contributed by atoms with van der Waals surface area (Å²) in [6, 6.07) is 0. The molecule has 3 rings (SSSR count). The number of aromatic amines is 2. The van der Waals surface area contributed by atoms with Gasteiger partial charge in [-0.15, -0.1) is 0 Å². The minimum absolute atomic E-state index is 0.0470. The maximum absolute atomic E-state index is 12.6. The number of aromatic nitrogens is 2. The summed E-state index contributed by atoms with van der Waals surface area (Å²) in [4.78, 5) is 38.0. The van der Waals surface area contributed by atoms with Gasteiger partial charge in [0.1, 0.15) is 6.10 Å². The number of hydrogen-bond acceptors (Lipinski definition) is 5. The van der Waals surface area contributed by atoms with Gasteiger partial charge in [0.05, 0.1) is 17.6 Å². The highest BCUT2D eigenvalue weighted by Gasteiger charge is 2.54. The number of aliphatic hydroxyl groups excluding tert-OH is 1. The van der Waals surface area contributed by atoms with Crippen molar-refractivity contribution >= 4 is 11.8 Å². The van der Waals surface area contributed by atoms with E-state index in [2.05, 4.69) is 15.5 Å². The molecule has 1 aromatic rings. The Morgan fingerprint density at radius 3 is 2.54 bits per heavy atom. The van der Waals surface area contributed by atoms with Crippen LogP contribution in [0, 0.1) is 6.92 Å². The lowest BCUT2D eigenvalue weighted by molar-refractivity contribution is -0.208. The quantitative estimate of drug-likeness (QED) is 0.571. The molecule has 0 bridgehead atoms. The van der Waals surface area contributed by atoms with Gasteiger partial charge in [-0.1, -0.05) is 6.92 Å². The van der Waals surface area contributed by atoms with Crippen molar-refractivity contribution in [1.29, 1.82) is 0 Å². The second-order valence-electron chi connectivity index (χ2n) is 8.13. The summed E-state index contributed by atoms with van der Waals surface area (Å²) < 4.78 is 6.00. The number of hydrogen-bond donors (Lipinski definition) is 4. The van der Waals surface area contributed by atoms with Gasteiger partial charge in [-0.2, -0.15) is 0 Å². The molecule has 3 heterocycles. The van der Waals surface area contributed by atoms with Gasteiger partial charge in [0.2, 0.25) is 11.8 Å². The molecule has 0 aromatic carbocycles. The van der Waals surface area contributed by atoms with E-state index >= 15 is 0 Å². The van der Waals surface area contributed by atoms with Crippen LogP contribution in [0.2, 0.25) is 0 Å². The van der Waals surface area contributed by atoms with Crippen LogP contribution in [0.4, 0.5) is 0 Å². The predicted molar refractivity (Wildman–Crippen MR) is 102 cm³/mol. The molecular weight excluding hydrogens is 364 g/mol. The van der Waals surface area contributed by atoms with E-state index in [9.17, 15) is 19.5 Å². The number of ether oxygens (including phenoxy) is 1. The van der Waals surface area contributed by atoms with E-state index in [1.165, 1.54) is 0 Å². The lowest BCUT2D eigenvalue weighted by Gasteiger charge is -2.53. The molecule has 2 fully saturated rings. The first-order valence-corrected chi connectivity index (χ1v) is 9.88. The first kappa shape index (κ1) is 20.6. The summed E-state index contributed by atoms with van der Waals surface area (Å²) in [7, 11) is 0. The zero-order chi connectivity index (χ0) is 20.5. The zero-order valence-corrected chi connectivity index (χ0v) is 16.8. The Balaban J connectivity index is 1.65. The second-order valence-corrected chi connectivity index (χ2v) is 8.13. The molecular formula is C19H30N4O5. The van der Waals surface area contributed by atoms with Crippen molar-refractivity contribution in [1.82, 2.24) is 20.4 Å². The van der Waals surface area contributed by atoms with E-state index in [-0.39, 0.29) is 23.8 Å². The Bertz CT molecular complexity index is 792. The summed E-state index contributed by atoms with van der Waals surface area (Å²) in [5, 5.41) is 19.2. The largest absolute Gasteiger partial charge is 0.388 e. The zero-order valence-electron chi connectivity index (χ0n) is 16.8. The number of nitrogens with one attached hydrogen (secondary N) is 3. The number of piperidine rings is 1. The van der Waals surface area contributed by atoms with Gasteiger partial charge >= 0.3 is 0 Å². The molecule has 1 aromatic heterocycles. The van der Waals surface area contributed by atoms with E-state index in [0.717, 1.165) is 0 Å². The lowest BCUT2D eigenvalue weighted by atomic mass is 9.73. The van der Waals surface area contributed by atoms with Crippen molar-refractivity contribution in [2.75, 3.05) is 19.7 Å². The summed E-state index contributed by atoms with van der Waals surface area (Å²) >= 11 is 0. The Morgan fingerprint density at radius 2 is 1.96 bits per heavy atom. The fraction of sp³-hybridized carbons (Fsp3) is 0.737. The van der Waals surface area contributed by atoms with Crippen LogP contribution in [0.25, 0.3) is 0 Å². The summed E-state index contributed by atoms with van der Waals surface area (Å²) in [6.07, 6.45) is 1.07. The van der Waals surface area contributed by atoms with Crippen molar-refractivity contribution in [3.05, 3.63) is 21.6 Å². The van der Waals surface area contributed by atoms with Gasteiger partial charge in [-0.05, 0) is 33.1 Å². The Morgan fingerprint density at radius 1 is 1.29 bits per heavy atom.